The number of carbonyl (C=O) groups is 1. The molecule has 0 bridgehead atoms. The van der Waals surface area contributed by atoms with Crippen LogP contribution in [-0.2, 0) is 9.53 Å². The highest BCUT2D eigenvalue weighted by atomic mass is 32.2. The molecule has 1 N–H and O–H groups in total. The number of hydrogen-bond donors (Lipinski definition) is 1. The summed E-state index contributed by atoms with van der Waals surface area (Å²) >= 11 is 1.47. The molecule has 1 aliphatic heterocycles. The zero-order valence-electron chi connectivity index (χ0n) is 5.58. The molecular formula is C6H10O3S. The quantitative estimate of drug-likeness (QED) is 0.660. The van der Waals surface area contributed by atoms with Gasteiger partial charge in [0, 0.05) is 11.9 Å². The minimum atomic E-state index is -0.739. The number of ether oxygens (including phenoxy) is 1. The lowest BCUT2D eigenvalue weighted by Gasteiger charge is -2.02. The number of carboxylic acid groups (broad SMARTS) is 1. The van der Waals surface area contributed by atoms with Crippen LogP contribution in [0.25, 0.3) is 0 Å². The summed E-state index contributed by atoms with van der Waals surface area (Å²) in [6.45, 7) is 1.51. The standard InChI is InChI=1S/C6H10O3S/c7-6(8)4-10-5-1-2-9-3-5/h5H,1-4H2,(H,7,8)/t5-/m0/s1. The van der Waals surface area contributed by atoms with Crippen molar-refractivity contribution in [1.29, 1.82) is 0 Å². The van der Waals surface area contributed by atoms with E-state index in [1.165, 1.54) is 11.8 Å². The zero-order chi connectivity index (χ0) is 7.40. The van der Waals surface area contributed by atoms with E-state index in [1.54, 1.807) is 0 Å². The van der Waals surface area contributed by atoms with Gasteiger partial charge in [0.1, 0.15) is 0 Å². The lowest BCUT2D eigenvalue weighted by atomic mass is 10.4. The van der Waals surface area contributed by atoms with Crippen LogP contribution < -0.4 is 0 Å². The van der Waals surface area contributed by atoms with E-state index in [2.05, 4.69) is 0 Å². The van der Waals surface area contributed by atoms with Crippen molar-refractivity contribution in [2.45, 2.75) is 11.7 Å². The third-order valence-electron chi connectivity index (χ3n) is 1.33. The van der Waals surface area contributed by atoms with Crippen molar-refractivity contribution in [2.75, 3.05) is 19.0 Å². The van der Waals surface area contributed by atoms with Gasteiger partial charge in [0.15, 0.2) is 0 Å². The fraction of sp³-hybridized carbons (Fsp3) is 0.833. The number of carboxylic acids is 1. The van der Waals surface area contributed by atoms with Crippen LogP contribution in [0.5, 0.6) is 0 Å². The molecule has 1 rings (SSSR count). The molecule has 0 aliphatic carbocycles. The molecule has 3 nitrogen and oxygen atoms in total. The van der Waals surface area contributed by atoms with Crippen molar-refractivity contribution < 1.29 is 14.6 Å². The van der Waals surface area contributed by atoms with E-state index < -0.39 is 5.97 Å². The molecule has 0 amide bonds. The number of rotatable bonds is 3. The first-order chi connectivity index (χ1) is 4.79. The van der Waals surface area contributed by atoms with Gasteiger partial charge in [-0.25, -0.2) is 0 Å². The summed E-state index contributed by atoms with van der Waals surface area (Å²) in [7, 11) is 0. The Bertz CT molecular complexity index is 120. The molecule has 0 unspecified atom stereocenters. The highest BCUT2D eigenvalue weighted by molar-refractivity contribution is 8.00. The number of thioether (sulfide) groups is 1. The van der Waals surface area contributed by atoms with Crippen LogP contribution in [0.2, 0.25) is 0 Å². The maximum atomic E-state index is 10.1. The smallest absolute Gasteiger partial charge is 0.313 e. The normalized spacial score (nSPS) is 25.0. The Morgan fingerprint density at radius 1 is 1.80 bits per heavy atom. The third kappa shape index (κ3) is 2.58. The number of hydrogen-bond acceptors (Lipinski definition) is 3. The summed E-state index contributed by atoms with van der Waals surface area (Å²) in [5.74, 6) is -0.537. The van der Waals surface area contributed by atoms with Gasteiger partial charge in [0.2, 0.25) is 0 Å². The monoisotopic (exact) mass is 162 g/mol. The lowest BCUT2D eigenvalue weighted by Crippen LogP contribution is -2.07. The van der Waals surface area contributed by atoms with Gasteiger partial charge in [-0.05, 0) is 6.42 Å². The summed E-state index contributed by atoms with van der Waals surface area (Å²) < 4.78 is 5.08. The summed E-state index contributed by atoms with van der Waals surface area (Å²) in [5.41, 5.74) is 0. The fourth-order valence-electron chi connectivity index (χ4n) is 0.833. The first-order valence-electron chi connectivity index (χ1n) is 3.20. The van der Waals surface area contributed by atoms with Crippen LogP contribution in [0.3, 0.4) is 0 Å². The highest BCUT2D eigenvalue weighted by Crippen LogP contribution is 2.19. The van der Waals surface area contributed by atoms with E-state index >= 15 is 0 Å². The lowest BCUT2D eigenvalue weighted by molar-refractivity contribution is -0.133. The van der Waals surface area contributed by atoms with Gasteiger partial charge in [-0.1, -0.05) is 0 Å². The first kappa shape index (κ1) is 7.88. The molecule has 0 aromatic rings. The summed E-state index contributed by atoms with van der Waals surface area (Å²) in [6.07, 6.45) is 0.998. The molecule has 1 atom stereocenters. The van der Waals surface area contributed by atoms with E-state index in [4.69, 9.17) is 9.84 Å². The Morgan fingerprint density at radius 2 is 2.60 bits per heavy atom. The number of aliphatic carboxylic acids is 1. The van der Waals surface area contributed by atoms with E-state index in [0.717, 1.165) is 19.6 Å². The van der Waals surface area contributed by atoms with Gasteiger partial charge >= 0.3 is 5.97 Å². The van der Waals surface area contributed by atoms with Crippen molar-refractivity contribution in [1.82, 2.24) is 0 Å². The van der Waals surface area contributed by atoms with Crippen LogP contribution >= 0.6 is 11.8 Å². The Labute approximate surface area is 63.8 Å². The Morgan fingerprint density at radius 3 is 3.10 bits per heavy atom. The van der Waals surface area contributed by atoms with Gasteiger partial charge < -0.3 is 9.84 Å². The minimum absolute atomic E-state index is 0.202. The second-order valence-corrected chi connectivity index (χ2v) is 3.48. The average molecular weight is 162 g/mol. The summed E-state index contributed by atoms with van der Waals surface area (Å²) in [4.78, 5) is 10.1. The van der Waals surface area contributed by atoms with Crippen molar-refractivity contribution >= 4 is 17.7 Å². The molecule has 0 radical (unpaired) electrons. The van der Waals surface area contributed by atoms with Crippen molar-refractivity contribution in [3.05, 3.63) is 0 Å². The molecule has 0 aromatic carbocycles. The van der Waals surface area contributed by atoms with Gasteiger partial charge in [-0.15, -0.1) is 11.8 Å². The van der Waals surface area contributed by atoms with E-state index in [1.807, 2.05) is 0 Å². The van der Waals surface area contributed by atoms with Gasteiger partial charge in [0.25, 0.3) is 0 Å². The summed E-state index contributed by atoms with van der Waals surface area (Å²) in [6, 6.07) is 0. The molecule has 4 heteroatoms. The van der Waals surface area contributed by atoms with Crippen LogP contribution in [-0.4, -0.2) is 35.3 Å². The first-order valence-corrected chi connectivity index (χ1v) is 4.25. The molecule has 0 spiro atoms. The van der Waals surface area contributed by atoms with Gasteiger partial charge in [0.05, 0.1) is 12.4 Å². The maximum Gasteiger partial charge on any atom is 0.313 e. The van der Waals surface area contributed by atoms with Crippen LogP contribution in [0.4, 0.5) is 0 Å². The second kappa shape index (κ2) is 3.83. The van der Waals surface area contributed by atoms with E-state index in [0.29, 0.717) is 5.25 Å². The predicted molar refractivity (Wildman–Crippen MR) is 39.3 cm³/mol. The third-order valence-corrected chi connectivity index (χ3v) is 2.59. The van der Waals surface area contributed by atoms with Crippen molar-refractivity contribution in [3.63, 3.8) is 0 Å². The maximum absolute atomic E-state index is 10.1. The molecule has 1 saturated heterocycles. The zero-order valence-corrected chi connectivity index (χ0v) is 6.39. The fourth-order valence-corrected chi connectivity index (χ4v) is 1.67. The van der Waals surface area contributed by atoms with Crippen molar-refractivity contribution in [3.8, 4) is 0 Å². The Balaban J connectivity index is 2.07. The minimum Gasteiger partial charge on any atom is -0.481 e. The van der Waals surface area contributed by atoms with Gasteiger partial charge in [-0.2, -0.15) is 0 Å². The van der Waals surface area contributed by atoms with Crippen molar-refractivity contribution in [2.24, 2.45) is 0 Å². The van der Waals surface area contributed by atoms with Crippen LogP contribution in [0, 0.1) is 0 Å². The topological polar surface area (TPSA) is 46.5 Å². The van der Waals surface area contributed by atoms with Gasteiger partial charge in [-0.3, -0.25) is 4.79 Å². The van der Waals surface area contributed by atoms with Crippen LogP contribution in [0.1, 0.15) is 6.42 Å². The largest absolute Gasteiger partial charge is 0.481 e. The molecule has 58 valence electrons. The van der Waals surface area contributed by atoms with E-state index in [9.17, 15) is 4.79 Å². The van der Waals surface area contributed by atoms with Crippen LogP contribution in [0.15, 0.2) is 0 Å². The molecule has 10 heavy (non-hydrogen) atoms. The SMILES string of the molecule is O=C(O)CS[C@H]1CCOC1. The molecular weight excluding hydrogens is 152 g/mol. The summed E-state index contributed by atoms with van der Waals surface area (Å²) in [5, 5.41) is 8.73. The Kier molecular flexibility index (Phi) is 3.02. The van der Waals surface area contributed by atoms with E-state index in [-0.39, 0.29) is 5.75 Å². The highest BCUT2D eigenvalue weighted by Gasteiger charge is 2.16. The molecule has 1 heterocycles. The molecule has 1 aliphatic rings. The second-order valence-electron chi connectivity index (χ2n) is 2.19. The predicted octanol–water partition coefficient (Wildman–Crippen LogP) is 0.593. The molecule has 0 saturated carbocycles. The average Bonchev–Trinajstić information content (AvgIpc) is 2.34. The Hall–Kier alpha value is -0.220. The molecule has 1 fully saturated rings. The molecule has 0 aromatic heterocycles.